The van der Waals surface area contributed by atoms with Crippen molar-refractivity contribution in [3.05, 3.63) is 88.0 Å². The maximum atomic E-state index is 13.3. The number of rotatable bonds is 4. The van der Waals surface area contributed by atoms with E-state index < -0.39 is 10.0 Å². The average Bonchev–Trinajstić information content (AvgIpc) is 3.06. The SMILES string of the molecule is Cc1ccc(S(=O)(=O)N2c3ccc(C(=O)Nc4c(C)cc(C)cc4C)cc3C[C@H]2C)cc1. The highest BCUT2D eigenvalue weighted by atomic mass is 32.2. The van der Waals surface area contributed by atoms with E-state index in [1.807, 2.05) is 52.8 Å². The summed E-state index contributed by atoms with van der Waals surface area (Å²) in [5, 5.41) is 3.03. The monoisotopic (exact) mass is 448 g/mol. The molecule has 6 heteroatoms. The van der Waals surface area contributed by atoms with Crippen molar-refractivity contribution in [1.29, 1.82) is 0 Å². The summed E-state index contributed by atoms with van der Waals surface area (Å²) in [7, 11) is -3.68. The fourth-order valence-electron chi connectivity index (χ4n) is 4.50. The van der Waals surface area contributed by atoms with E-state index in [0.29, 0.717) is 17.7 Å². The van der Waals surface area contributed by atoms with Gasteiger partial charge in [-0.25, -0.2) is 8.42 Å². The molecule has 3 aromatic carbocycles. The molecule has 0 unspecified atom stereocenters. The first-order valence-electron chi connectivity index (χ1n) is 10.7. The van der Waals surface area contributed by atoms with Crippen molar-refractivity contribution in [2.45, 2.75) is 52.0 Å². The number of aryl methyl sites for hydroxylation is 4. The smallest absolute Gasteiger partial charge is 0.264 e. The summed E-state index contributed by atoms with van der Waals surface area (Å²) >= 11 is 0. The predicted octanol–water partition coefficient (Wildman–Crippen LogP) is 5.31. The second-order valence-electron chi connectivity index (χ2n) is 8.74. The number of hydrogen-bond acceptors (Lipinski definition) is 3. The molecule has 0 aromatic heterocycles. The maximum Gasteiger partial charge on any atom is 0.264 e. The number of fused-ring (bicyclic) bond motifs is 1. The van der Waals surface area contributed by atoms with Crippen LogP contribution in [0.1, 0.15) is 45.1 Å². The van der Waals surface area contributed by atoms with Crippen molar-refractivity contribution in [1.82, 2.24) is 0 Å². The number of nitrogens with zero attached hydrogens (tertiary/aromatic N) is 1. The van der Waals surface area contributed by atoms with E-state index in [1.54, 1.807) is 36.4 Å². The lowest BCUT2D eigenvalue weighted by Crippen LogP contribution is -2.35. The van der Waals surface area contributed by atoms with Gasteiger partial charge in [-0.2, -0.15) is 0 Å². The van der Waals surface area contributed by atoms with E-state index in [2.05, 4.69) is 5.32 Å². The van der Waals surface area contributed by atoms with Crippen LogP contribution in [0.3, 0.4) is 0 Å². The minimum absolute atomic E-state index is 0.199. The minimum atomic E-state index is -3.68. The number of sulfonamides is 1. The van der Waals surface area contributed by atoms with E-state index >= 15 is 0 Å². The summed E-state index contributed by atoms with van der Waals surface area (Å²) in [4.78, 5) is 13.2. The molecule has 5 nitrogen and oxygen atoms in total. The van der Waals surface area contributed by atoms with Crippen LogP contribution in [0, 0.1) is 27.7 Å². The Balaban J connectivity index is 1.64. The van der Waals surface area contributed by atoms with Crippen LogP contribution >= 0.6 is 0 Å². The molecular weight excluding hydrogens is 420 g/mol. The molecule has 1 heterocycles. The summed E-state index contributed by atoms with van der Waals surface area (Å²) in [5.41, 5.74) is 7.02. The maximum absolute atomic E-state index is 13.3. The number of benzene rings is 3. The highest BCUT2D eigenvalue weighted by molar-refractivity contribution is 7.92. The van der Waals surface area contributed by atoms with Crippen LogP contribution in [0.4, 0.5) is 11.4 Å². The van der Waals surface area contributed by atoms with Gasteiger partial charge in [-0.1, -0.05) is 35.4 Å². The Hall–Kier alpha value is -3.12. The summed E-state index contributed by atoms with van der Waals surface area (Å²) in [5.74, 6) is -0.199. The molecule has 3 aromatic rings. The average molecular weight is 449 g/mol. The molecule has 0 saturated carbocycles. The van der Waals surface area contributed by atoms with E-state index in [1.165, 1.54) is 4.31 Å². The Labute approximate surface area is 190 Å². The van der Waals surface area contributed by atoms with E-state index in [4.69, 9.17) is 0 Å². The molecule has 1 amide bonds. The molecule has 1 N–H and O–H groups in total. The highest BCUT2D eigenvalue weighted by Crippen LogP contribution is 2.37. The second kappa shape index (κ2) is 8.10. The molecule has 0 fully saturated rings. The lowest BCUT2D eigenvalue weighted by molar-refractivity contribution is 0.102. The topological polar surface area (TPSA) is 66.5 Å². The Morgan fingerprint density at radius 3 is 2.16 bits per heavy atom. The van der Waals surface area contributed by atoms with Gasteiger partial charge in [0.15, 0.2) is 0 Å². The summed E-state index contributed by atoms with van der Waals surface area (Å²) in [6, 6.07) is 16.0. The number of carbonyl (C=O) groups excluding carboxylic acids is 1. The van der Waals surface area contributed by atoms with Crippen LogP contribution < -0.4 is 9.62 Å². The van der Waals surface area contributed by atoms with Gasteiger partial charge in [0.2, 0.25) is 0 Å². The van der Waals surface area contributed by atoms with E-state index in [9.17, 15) is 13.2 Å². The van der Waals surface area contributed by atoms with Gasteiger partial charge in [-0.05, 0) is 88.1 Å². The highest BCUT2D eigenvalue weighted by Gasteiger charge is 2.36. The molecule has 0 spiro atoms. The third kappa shape index (κ3) is 3.91. The lowest BCUT2D eigenvalue weighted by atomic mass is 10.0. The first-order chi connectivity index (χ1) is 15.1. The van der Waals surface area contributed by atoms with E-state index in [0.717, 1.165) is 33.5 Å². The Morgan fingerprint density at radius 2 is 1.53 bits per heavy atom. The molecule has 166 valence electrons. The second-order valence-corrected chi connectivity index (χ2v) is 10.6. The van der Waals surface area contributed by atoms with Gasteiger partial charge >= 0.3 is 0 Å². The number of anilines is 2. The molecule has 4 rings (SSSR count). The molecule has 1 aliphatic heterocycles. The zero-order chi connectivity index (χ0) is 23.2. The fraction of sp³-hybridized carbons (Fsp3) is 0.269. The van der Waals surface area contributed by atoms with Gasteiger partial charge in [0, 0.05) is 17.3 Å². The zero-order valence-corrected chi connectivity index (χ0v) is 19.9. The molecule has 32 heavy (non-hydrogen) atoms. The predicted molar refractivity (Wildman–Crippen MR) is 129 cm³/mol. The van der Waals surface area contributed by atoms with Crippen LogP contribution in [-0.2, 0) is 16.4 Å². The molecule has 0 aliphatic carbocycles. The van der Waals surface area contributed by atoms with Gasteiger partial charge in [0.1, 0.15) is 0 Å². The molecule has 1 atom stereocenters. The van der Waals surface area contributed by atoms with E-state index in [-0.39, 0.29) is 16.8 Å². The normalized spacial score (nSPS) is 15.5. The fourth-order valence-corrected chi connectivity index (χ4v) is 6.19. The lowest BCUT2D eigenvalue weighted by Gasteiger charge is -2.24. The third-order valence-corrected chi connectivity index (χ3v) is 7.93. The first-order valence-corrected chi connectivity index (χ1v) is 12.1. The Bertz CT molecular complexity index is 1290. The van der Waals surface area contributed by atoms with Crippen molar-refractivity contribution in [2.75, 3.05) is 9.62 Å². The van der Waals surface area contributed by atoms with Crippen LogP contribution in [0.15, 0.2) is 59.5 Å². The van der Waals surface area contributed by atoms with Gasteiger partial charge in [0.25, 0.3) is 15.9 Å². The van der Waals surface area contributed by atoms with Crippen LogP contribution in [0.25, 0.3) is 0 Å². The number of nitrogens with one attached hydrogen (secondary N) is 1. The van der Waals surface area contributed by atoms with Gasteiger partial charge in [0.05, 0.1) is 10.6 Å². The number of hydrogen-bond donors (Lipinski definition) is 1. The third-order valence-electron chi connectivity index (χ3n) is 5.99. The van der Waals surface area contributed by atoms with Gasteiger partial charge in [-0.3, -0.25) is 9.10 Å². The van der Waals surface area contributed by atoms with Gasteiger partial charge in [-0.15, -0.1) is 0 Å². The van der Waals surface area contributed by atoms with Crippen molar-refractivity contribution in [2.24, 2.45) is 0 Å². The molecule has 0 radical (unpaired) electrons. The van der Waals surface area contributed by atoms with Crippen LogP contribution in [0.5, 0.6) is 0 Å². The quantitative estimate of drug-likeness (QED) is 0.588. The zero-order valence-electron chi connectivity index (χ0n) is 19.1. The van der Waals surface area contributed by atoms with Crippen molar-refractivity contribution < 1.29 is 13.2 Å². The Morgan fingerprint density at radius 1 is 0.906 bits per heavy atom. The number of carbonyl (C=O) groups is 1. The number of amides is 1. The minimum Gasteiger partial charge on any atom is -0.322 e. The molecular formula is C26H28N2O3S. The first kappa shape index (κ1) is 22.1. The summed E-state index contributed by atoms with van der Waals surface area (Å²) < 4.78 is 28.1. The van der Waals surface area contributed by atoms with Crippen LogP contribution in [0.2, 0.25) is 0 Å². The van der Waals surface area contributed by atoms with Gasteiger partial charge < -0.3 is 5.32 Å². The Kier molecular flexibility index (Phi) is 5.59. The molecule has 0 bridgehead atoms. The largest absolute Gasteiger partial charge is 0.322 e. The van der Waals surface area contributed by atoms with Crippen molar-refractivity contribution in [3.8, 4) is 0 Å². The standard InChI is InChI=1S/C26H28N2O3S/c1-16-6-9-23(10-7-16)32(30,31)28-20(5)14-22-15-21(8-11-24(22)28)26(29)27-25-18(3)12-17(2)13-19(25)4/h6-13,15,20H,14H2,1-5H3,(H,27,29)/t20-/m1/s1. The molecule has 0 saturated heterocycles. The van der Waals surface area contributed by atoms with Crippen molar-refractivity contribution in [3.63, 3.8) is 0 Å². The molecule has 1 aliphatic rings. The van der Waals surface area contributed by atoms with Crippen molar-refractivity contribution >= 4 is 27.3 Å². The van der Waals surface area contributed by atoms with Crippen LogP contribution in [-0.4, -0.2) is 20.4 Å². The summed E-state index contributed by atoms with van der Waals surface area (Å²) in [6.45, 7) is 9.81. The summed E-state index contributed by atoms with van der Waals surface area (Å²) in [6.07, 6.45) is 0.560.